The van der Waals surface area contributed by atoms with Gasteiger partial charge in [0.05, 0.1) is 0 Å². The molecule has 2 aromatic rings. The molecule has 2 aromatic carbocycles. The Morgan fingerprint density at radius 3 is 0.947 bits per heavy atom. The van der Waals surface area contributed by atoms with Crippen LogP contribution < -0.4 is 10.6 Å². The Kier molecular flexibility index (Phi) is 18.2. The first-order valence-electron chi connectivity index (χ1n) is 16.5. The van der Waals surface area contributed by atoms with Crippen molar-refractivity contribution in [2.45, 2.75) is 142 Å². The second-order valence-electron chi connectivity index (χ2n) is 11.9. The molecule has 0 radical (unpaired) electrons. The van der Waals surface area contributed by atoms with Gasteiger partial charge >= 0.3 is 252 Å². The van der Waals surface area contributed by atoms with Gasteiger partial charge in [0.25, 0.3) is 0 Å². The molecular formula is C36H60IP. The average Bonchev–Trinajstić information content (AvgIpc) is 2.96. The van der Waals surface area contributed by atoms with Crippen LogP contribution in [0.2, 0.25) is 0 Å². The maximum absolute atomic E-state index is 3.04. The predicted octanol–water partition coefficient (Wildman–Crippen LogP) is 12.4. The summed E-state index contributed by atoms with van der Waals surface area (Å²) < 4.78 is -2.27. The van der Waals surface area contributed by atoms with Crippen LogP contribution in [0.3, 0.4) is 0 Å². The molecule has 0 aliphatic carbocycles. The second kappa shape index (κ2) is 20.5. The van der Waals surface area contributed by atoms with Crippen LogP contribution in [0.15, 0.2) is 60.7 Å². The third-order valence-electron chi connectivity index (χ3n) is 8.65. The molecular weight excluding hydrogens is 590 g/mol. The van der Waals surface area contributed by atoms with E-state index in [1.54, 1.807) is 10.6 Å². The van der Waals surface area contributed by atoms with Crippen molar-refractivity contribution >= 4 is 36.9 Å². The molecule has 0 heterocycles. The van der Waals surface area contributed by atoms with Gasteiger partial charge in [-0.2, -0.15) is 0 Å². The molecule has 2 rings (SSSR count). The summed E-state index contributed by atoms with van der Waals surface area (Å²) in [6.07, 6.45) is 31.0. The van der Waals surface area contributed by atoms with E-state index in [0.29, 0.717) is 0 Å². The number of unbranched alkanes of at least 4 members (excludes halogenated alkanes) is 18. The summed E-state index contributed by atoms with van der Waals surface area (Å²) in [7, 11) is 0. The fourth-order valence-electron chi connectivity index (χ4n) is 6.17. The Balaban J connectivity index is 1.96. The molecule has 0 N–H and O–H groups in total. The van der Waals surface area contributed by atoms with Crippen molar-refractivity contribution in [2.75, 3.05) is 12.3 Å². The van der Waals surface area contributed by atoms with Gasteiger partial charge in [-0.25, -0.2) is 0 Å². The number of halogens is 1. The van der Waals surface area contributed by atoms with Gasteiger partial charge in [-0.05, 0) is 0 Å². The number of hydrogen-bond donors (Lipinski definition) is 0. The van der Waals surface area contributed by atoms with E-state index in [4.69, 9.17) is 0 Å². The Morgan fingerprint density at radius 2 is 0.658 bits per heavy atom. The van der Waals surface area contributed by atoms with Gasteiger partial charge in [-0.15, -0.1) is 0 Å². The van der Waals surface area contributed by atoms with E-state index >= 15 is 0 Å². The van der Waals surface area contributed by atoms with Gasteiger partial charge in [0.15, 0.2) is 0 Å². The van der Waals surface area contributed by atoms with Crippen molar-refractivity contribution < 1.29 is 0 Å². The molecule has 2 heteroatoms. The molecule has 0 saturated heterocycles. The summed E-state index contributed by atoms with van der Waals surface area (Å²) in [5.41, 5.74) is 0. The zero-order valence-corrected chi connectivity index (χ0v) is 28.2. The predicted molar refractivity (Wildman–Crippen MR) is 187 cm³/mol. The summed E-state index contributed by atoms with van der Waals surface area (Å²) in [4.78, 5) is 0. The Labute approximate surface area is 251 Å². The Hall–Kier alpha value is -0.400. The molecule has 0 nitrogen and oxygen atoms in total. The first-order valence-corrected chi connectivity index (χ1v) is 21.9. The molecule has 0 unspecified atom stereocenters. The molecule has 0 bridgehead atoms. The molecule has 0 spiro atoms. The average molecular weight is 651 g/mol. The van der Waals surface area contributed by atoms with Crippen molar-refractivity contribution in [3.05, 3.63) is 60.7 Å². The van der Waals surface area contributed by atoms with Gasteiger partial charge in [0, 0.05) is 0 Å². The molecule has 0 aliphatic rings. The SMILES string of the molecule is CCCCCCCCCCCCP(I)(CCCCCCCCCCCC)(c1ccccc1)c1ccccc1. The minimum absolute atomic E-state index is 1.35. The zero-order valence-electron chi connectivity index (χ0n) is 25.2. The summed E-state index contributed by atoms with van der Waals surface area (Å²) in [5, 5.41) is 3.27. The van der Waals surface area contributed by atoms with Gasteiger partial charge in [-0.1, -0.05) is 0 Å². The van der Waals surface area contributed by atoms with Crippen molar-refractivity contribution in [2.24, 2.45) is 0 Å². The number of rotatable bonds is 24. The molecule has 38 heavy (non-hydrogen) atoms. The van der Waals surface area contributed by atoms with E-state index in [9.17, 15) is 0 Å². The van der Waals surface area contributed by atoms with Crippen molar-refractivity contribution in [3.8, 4) is 0 Å². The van der Waals surface area contributed by atoms with Crippen LogP contribution in [0.4, 0.5) is 0 Å². The summed E-state index contributed by atoms with van der Waals surface area (Å²) in [6.45, 7) is 4.62. The van der Waals surface area contributed by atoms with Crippen LogP contribution in [0.5, 0.6) is 0 Å². The molecule has 0 aliphatic heterocycles. The van der Waals surface area contributed by atoms with Crippen LogP contribution in [0.25, 0.3) is 0 Å². The molecule has 0 aromatic heterocycles. The molecule has 216 valence electrons. The van der Waals surface area contributed by atoms with E-state index in [-0.39, 0.29) is 0 Å². The van der Waals surface area contributed by atoms with E-state index in [1.165, 1.54) is 141 Å². The Morgan fingerprint density at radius 1 is 0.395 bits per heavy atom. The topological polar surface area (TPSA) is 0 Å². The zero-order chi connectivity index (χ0) is 27.2. The third kappa shape index (κ3) is 12.0. The van der Waals surface area contributed by atoms with Gasteiger partial charge in [0.2, 0.25) is 0 Å². The fourth-order valence-corrected chi connectivity index (χ4v) is 15.2. The normalized spacial score (nSPS) is 12.9. The first kappa shape index (κ1) is 33.8. The molecule has 0 fully saturated rings. The molecule has 0 amide bonds. The molecule has 0 saturated carbocycles. The quantitative estimate of drug-likeness (QED) is 0.0603. The molecule has 0 atom stereocenters. The number of hydrogen-bond acceptors (Lipinski definition) is 0. The van der Waals surface area contributed by atoms with E-state index in [2.05, 4.69) is 96.6 Å². The monoisotopic (exact) mass is 650 g/mol. The van der Waals surface area contributed by atoms with Crippen molar-refractivity contribution in [3.63, 3.8) is 0 Å². The first-order chi connectivity index (χ1) is 18.6. The summed E-state index contributed by atoms with van der Waals surface area (Å²) in [5.74, 6) is 0. The van der Waals surface area contributed by atoms with Gasteiger partial charge < -0.3 is 0 Å². The number of benzene rings is 2. The van der Waals surface area contributed by atoms with E-state index in [1.807, 2.05) is 0 Å². The van der Waals surface area contributed by atoms with Gasteiger partial charge in [0.1, 0.15) is 0 Å². The third-order valence-corrected chi connectivity index (χ3v) is 20.3. The van der Waals surface area contributed by atoms with Crippen LogP contribution in [-0.4, -0.2) is 12.3 Å². The van der Waals surface area contributed by atoms with Crippen LogP contribution >= 0.6 is 26.3 Å². The second-order valence-corrected chi connectivity index (χ2v) is 23.5. The summed E-state index contributed by atoms with van der Waals surface area (Å²) in [6, 6.07) is 23.4. The van der Waals surface area contributed by atoms with Crippen LogP contribution in [0, 0.1) is 0 Å². The van der Waals surface area contributed by atoms with Crippen LogP contribution in [-0.2, 0) is 0 Å². The maximum atomic E-state index is 3.04. The van der Waals surface area contributed by atoms with Crippen molar-refractivity contribution in [1.29, 1.82) is 0 Å². The Bertz CT molecular complexity index is 735. The van der Waals surface area contributed by atoms with Crippen LogP contribution in [0.1, 0.15) is 142 Å². The summed E-state index contributed by atoms with van der Waals surface area (Å²) >= 11 is 3.04. The minimum atomic E-state index is -2.27. The van der Waals surface area contributed by atoms with E-state index < -0.39 is 4.25 Å². The van der Waals surface area contributed by atoms with Gasteiger partial charge in [-0.3, -0.25) is 0 Å². The fraction of sp³-hybridized carbons (Fsp3) is 0.667. The van der Waals surface area contributed by atoms with E-state index in [0.717, 1.165) is 0 Å². The standard InChI is InChI=1S/C36H60IP/c1-3-5-7-9-11-13-15-17-19-27-33-38(37,35-29-23-21-24-30-35,36-31-25-22-26-32-36)34-28-20-18-16-14-12-10-8-6-4-2/h21-26,29-32H,3-20,27-28,33-34H2,1-2H3. The van der Waals surface area contributed by atoms with Crippen molar-refractivity contribution in [1.82, 2.24) is 0 Å².